The Morgan fingerprint density at radius 2 is 1.80 bits per heavy atom. The normalized spacial score (nSPS) is 10.4. The monoisotopic (exact) mass is 357 g/mol. The van der Waals surface area contributed by atoms with Crippen LogP contribution in [0.3, 0.4) is 0 Å². The van der Waals surface area contributed by atoms with Gasteiger partial charge in [0.2, 0.25) is 5.95 Å². The number of ketones is 1. The summed E-state index contributed by atoms with van der Waals surface area (Å²) in [5.41, 5.74) is 1.92. The number of anilines is 4. The molecule has 25 heavy (non-hydrogen) atoms. The molecule has 0 aliphatic carbocycles. The van der Waals surface area contributed by atoms with E-state index in [0.717, 1.165) is 5.69 Å². The number of nitrogens with zero attached hydrogens (tertiary/aromatic N) is 3. The van der Waals surface area contributed by atoms with Gasteiger partial charge in [-0.2, -0.15) is 10.1 Å². The summed E-state index contributed by atoms with van der Waals surface area (Å²) >= 11 is 5.75. The van der Waals surface area contributed by atoms with Crippen molar-refractivity contribution in [2.75, 3.05) is 10.6 Å². The highest BCUT2D eigenvalue weighted by Gasteiger charge is 2.05. The number of halogens is 2. The van der Waals surface area contributed by atoms with E-state index in [1.165, 1.54) is 31.3 Å². The Bertz CT molecular complexity index is 917. The minimum Gasteiger partial charge on any atom is -0.339 e. The van der Waals surface area contributed by atoms with E-state index in [-0.39, 0.29) is 16.8 Å². The molecule has 0 unspecified atom stereocenters. The van der Waals surface area contributed by atoms with E-state index in [1.54, 1.807) is 24.3 Å². The van der Waals surface area contributed by atoms with Gasteiger partial charge in [-0.25, -0.2) is 4.39 Å². The highest BCUT2D eigenvalue weighted by molar-refractivity contribution is 6.31. The lowest BCUT2D eigenvalue weighted by atomic mass is 10.1. The van der Waals surface area contributed by atoms with Crippen molar-refractivity contribution < 1.29 is 9.18 Å². The van der Waals surface area contributed by atoms with Gasteiger partial charge in [0.1, 0.15) is 5.82 Å². The van der Waals surface area contributed by atoms with Gasteiger partial charge >= 0.3 is 0 Å². The first-order valence-corrected chi connectivity index (χ1v) is 7.69. The second-order valence-corrected chi connectivity index (χ2v) is 5.58. The van der Waals surface area contributed by atoms with Crippen LogP contribution in [0.5, 0.6) is 0 Å². The third-order valence-electron chi connectivity index (χ3n) is 3.30. The number of nitrogens with one attached hydrogen (secondary N) is 2. The molecule has 0 fully saturated rings. The SMILES string of the molecule is CC(=O)c1ccc(Nc2cnnc(Nc3ccc(F)c(Cl)c3)n2)cc1. The number of Topliss-reactive ketones (excluding diaryl/α,β-unsaturated/α-hetero) is 1. The quantitative estimate of drug-likeness (QED) is 0.661. The van der Waals surface area contributed by atoms with Gasteiger partial charge in [0.05, 0.1) is 11.2 Å². The molecule has 1 heterocycles. The smallest absolute Gasteiger partial charge is 0.249 e. The Morgan fingerprint density at radius 3 is 2.48 bits per heavy atom. The van der Waals surface area contributed by atoms with E-state index in [1.807, 2.05) is 0 Å². The molecule has 0 saturated carbocycles. The van der Waals surface area contributed by atoms with Gasteiger partial charge in [0.25, 0.3) is 0 Å². The van der Waals surface area contributed by atoms with Crippen LogP contribution in [0.1, 0.15) is 17.3 Å². The summed E-state index contributed by atoms with van der Waals surface area (Å²) in [5, 5.41) is 13.7. The highest BCUT2D eigenvalue weighted by Crippen LogP contribution is 2.22. The van der Waals surface area contributed by atoms with Crippen LogP contribution in [0.25, 0.3) is 0 Å². The molecule has 3 aromatic rings. The molecule has 2 aromatic carbocycles. The highest BCUT2D eigenvalue weighted by atomic mass is 35.5. The average molecular weight is 358 g/mol. The van der Waals surface area contributed by atoms with Crippen LogP contribution in [-0.2, 0) is 0 Å². The lowest BCUT2D eigenvalue weighted by Gasteiger charge is -2.08. The predicted molar refractivity (Wildman–Crippen MR) is 94.2 cm³/mol. The van der Waals surface area contributed by atoms with Crippen molar-refractivity contribution in [3.63, 3.8) is 0 Å². The van der Waals surface area contributed by atoms with Crippen LogP contribution in [-0.4, -0.2) is 21.0 Å². The van der Waals surface area contributed by atoms with Crippen molar-refractivity contribution >= 4 is 40.5 Å². The van der Waals surface area contributed by atoms with Gasteiger partial charge in [-0.05, 0) is 49.4 Å². The summed E-state index contributed by atoms with van der Waals surface area (Å²) in [4.78, 5) is 15.6. The van der Waals surface area contributed by atoms with Crippen LogP contribution in [0.2, 0.25) is 5.02 Å². The lowest BCUT2D eigenvalue weighted by molar-refractivity contribution is 0.101. The zero-order valence-electron chi connectivity index (χ0n) is 13.1. The molecule has 0 atom stereocenters. The van der Waals surface area contributed by atoms with Crippen molar-refractivity contribution in [2.45, 2.75) is 6.92 Å². The maximum Gasteiger partial charge on any atom is 0.249 e. The van der Waals surface area contributed by atoms with E-state index in [2.05, 4.69) is 25.8 Å². The summed E-state index contributed by atoms with van der Waals surface area (Å²) in [6.07, 6.45) is 1.46. The zero-order chi connectivity index (χ0) is 17.8. The summed E-state index contributed by atoms with van der Waals surface area (Å²) in [6, 6.07) is 11.2. The third-order valence-corrected chi connectivity index (χ3v) is 3.59. The van der Waals surface area contributed by atoms with Gasteiger partial charge < -0.3 is 10.6 Å². The number of carbonyl (C=O) groups excluding carboxylic acids is 1. The molecule has 126 valence electrons. The van der Waals surface area contributed by atoms with E-state index in [4.69, 9.17) is 11.6 Å². The summed E-state index contributed by atoms with van der Waals surface area (Å²) in [5.74, 6) is 0.185. The van der Waals surface area contributed by atoms with Crippen molar-refractivity contribution in [3.8, 4) is 0 Å². The fourth-order valence-electron chi connectivity index (χ4n) is 2.06. The molecule has 0 spiro atoms. The fraction of sp³-hybridized carbons (Fsp3) is 0.0588. The minimum atomic E-state index is -0.504. The Balaban J connectivity index is 1.74. The molecule has 6 nitrogen and oxygen atoms in total. The summed E-state index contributed by atoms with van der Waals surface area (Å²) in [7, 11) is 0. The molecule has 2 N–H and O–H groups in total. The molecule has 3 rings (SSSR count). The third kappa shape index (κ3) is 4.27. The summed E-state index contributed by atoms with van der Waals surface area (Å²) in [6.45, 7) is 1.51. The number of carbonyl (C=O) groups is 1. The van der Waals surface area contributed by atoms with Crippen molar-refractivity contribution in [2.24, 2.45) is 0 Å². The van der Waals surface area contributed by atoms with E-state index >= 15 is 0 Å². The van der Waals surface area contributed by atoms with Crippen LogP contribution < -0.4 is 10.6 Å². The number of hydrogen-bond acceptors (Lipinski definition) is 6. The average Bonchev–Trinajstić information content (AvgIpc) is 2.59. The largest absolute Gasteiger partial charge is 0.339 e. The minimum absolute atomic E-state index is 0.000280. The number of hydrogen-bond donors (Lipinski definition) is 2. The Morgan fingerprint density at radius 1 is 1.08 bits per heavy atom. The maximum absolute atomic E-state index is 13.2. The van der Waals surface area contributed by atoms with Crippen LogP contribution in [0.4, 0.5) is 27.5 Å². The molecule has 0 amide bonds. The second kappa shape index (κ2) is 7.23. The van der Waals surface area contributed by atoms with Gasteiger partial charge in [-0.15, -0.1) is 5.10 Å². The molecule has 0 radical (unpaired) electrons. The lowest BCUT2D eigenvalue weighted by Crippen LogP contribution is -2.02. The van der Waals surface area contributed by atoms with Crippen LogP contribution in [0.15, 0.2) is 48.7 Å². The molecule has 0 bridgehead atoms. The van der Waals surface area contributed by atoms with Gasteiger partial charge in [0.15, 0.2) is 11.6 Å². The van der Waals surface area contributed by atoms with Crippen molar-refractivity contribution in [3.05, 3.63) is 65.1 Å². The second-order valence-electron chi connectivity index (χ2n) is 5.18. The fourth-order valence-corrected chi connectivity index (χ4v) is 2.24. The van der Waals surface area contributed by atoms with E-state index in [9.17, 15) is 9.18 Å². The van der Waals surface area contributed by atoms with Gasteiger partial charge in [0, 0.05) is 16.9 Å². The van der Waals surface area contributed by atoms with Gasteiger partial charge in [-0.1, -0.05) is 11.6 Å². The number of rotatable bonds is 5. The van der Waals surface area contributed by atoms with Crippen LogP contribution in [0, 0.1) is 5.82 Å². The Kier molecular flexibility index (Phi) is 4.85. The Hall–Kier alpha value is -3.06. The van der Waals surface area contributed by atoms with Gasteiger partial charge in [-0.3, -0.25) is 4.79 Å². The van der Waals surface area contributed by atoms with Crippen molar-refractivity contribution in [1.29, 1.82) is 0 Å². The molecule has 0 saturated heterocycles. The molecule has 8 heteroatoms. The summed E-state index contributed by atoms with van der Waals surface area (Å²) < 4.78 is 13.2. The maximum atomic E-state index is 13.2. The van der Waals surface area contributed by atoms with Crippen LogP contribution >= 0.6 is 11.6 Å². The van der Waals surface area contributed by atoms with Crippen molar-refractivity contribution in [1.82, 2.24) is 15.2 Å². The standard InChI is InChI=1S/C17H13ClFN5O/c1-10(25)11-2-4-12(5-3-11)21-16-9-20-24-17(23-16)22-13-6-7-15(19)14(18)8-13/h2-9H,1H3,(H2,21,22,23,24). The molecular formula is C17H13ClFN5O. The molecule has 0 aliphatic heterocycles. The molecule has 0 aliphatic rings. The first-order valence-electron chi connectivity index (χ1n) is 7.31. The molecule has 1 aromatic heterocycles. The van der Waals surface area contributed by atoms with E-state index in [0.29, 0.717) is 17.1 Å². The predicted octanol–water partition coefficient (Wildman–Crippen LogP) is 4.35. The Labute approximate surface area is 148 Å². The number of aromatic nitrogens is 3. The first kappa shape index (κ1) is 16.8. The first-order chi connectivity index (χ1) is 12.0. The topological polar surface area (TPSA) is 79.8 Å². The van der Waals surface area contributed by atoms with E-state index < -0.39 is 5.82 Å². The molecular weight excluding hydrogens is 345 g/mol. The number of benzene rings is 2. The zero-order valence-corrected chi connectivity index (χ0v) is 13.9.